The van der Waals surface area contributed by atoms with Crippen molar-refractivity contribution in [1.82, 2.24) is 19.2 Å². The van der Waals surface area contributed by atoms with E-state index < -0.39 is 0 Å². The van der Waals surface area contributed by atoms with E-state index in [0.717, 1.165) is 34.2 Å². The summed E-state index contributed by atoms with van der Waals surface area (Å²) in [5, 5.41) is 11.6. The number of benzene rings is 2. The molecule has 0 amide bonds. The molecule has 3 aromatic heterocycles. The molecule has 0 bridgehead atoms. The molecule has 0 radical (unpaired) electrons. The maximum absolute atomic E-state index is 13.3. The summed E-state index contributed by atoms with van der Waals surface area (Å²) in [6.45, 7) is 5.29. The highest BCUT2D eigenvalue weighted by Gasteiger charge is 2.18. The number of thioether (sulfide) groups is 1. The predicted octanol–water partition coefficient (Wildman–Crippen LogP) is 5.54. The Morgan fingerprint density at radius 1 is 1.06 bits per heavy atom. The molecule has 0 aliphatic heterocycles. The monoisotopic (exact) mass is 476 g/mol. The number of hydrogen-bond donors (Lipinski definition) is 0. The number of rotatable bonds is 8. The van der Waals surface area contributed by atoms with Gasteiger partial charge in [-0.15, -0.1) is 21.5 Å². The first-order valence-corrected chi connectivity index (χ1v) is 12.8. The molecule has 0 fully saturated rings. The van der Waals surface area contributed by atoms with Gasteiger partial charge in [0, 0.05) is 5.75 Å². The van der Waals surface area contributed by atoms with Crippen LogP contribution in [0.4, 0.5) is 0 Å². The Bertz CT molecular complexity index is 1470. The van der Waals surface area contributed by atoms with Gasteiger partial charge >= 0.3 is 0 Å². The summed E-state index contributed by atoms with van der Waals surface area (Å²) in [6, 6.07) is 18.3. The minimum absolute atomic E-state index is 0.0403. The average Bonchev–Trinajstić information content (AvgIpc) is 3.47. The van der Waals surface area contributed by atoms with Crippen LogP contribution in [0.15, 0.2) is 69.9 Å². The number of nitrogens with zero attached hydrogens (tertiary/aromatic N) is 4. The third-order valence-corrected chi connectivity index (χ3v) is 7.26. The molecule has 0 unspecified atom stereocenters. The van der Waals surface area contributed by atoms with E-state index in [9.17, 15) is 4.79 Å². The van der Waals surface area contributed by atoms with Crippen molar-refractivity contribution in [2.45, 2.75) is 37.7 Å². The molecule has 5 rings (SSSR count). The van der Waals surface area contributed by atoms with Crippen molar-refractivity contribution in [3.05, 3.63) is 87.0 Å². The number of aromatic nitrogens is 4. The van der Waals surface area contributed by atoms with Crippen LogP contribution in [-0.2, 0) is 12.3 Å². The molecule has 0 aliphatic carbocycles. The third kappa shape index (κ3) is 4.41. The third-order valence-electron chi connectivity index (χ3n) is 5.37. The maximum atomic E-state index is 13.3. The number of hydrogen-bond acceptors (Lipinski definition) is 6. The molecule has 5 aromatic rings. The average molecular weight is 477 g/mol. The van der Waals surface area contributed by atoms with Crippen molar-refractivity contribution >= 4 is 39.1 Å². The molecule has 0 atom stereocenters. The van der Waals surface area contributed by atoms with Gasteiger partial charge in [0.25, 0.3) is 5.56 Å². The normalized spacial score (nSPS) is 11.5. The van der Waals surface area contributed by atoms with Gasteiger partial charge in [0.1, 0.15) is 10.4 Å². The first kappa shape index (κ1) is 21.7. The molecule has 2 aromatic carbocycles. The Morgan fingerprint density at radius 2 is 1.91 bits per heavy atom. The summed E-state index contributed by atoms with van der Waals surface area (Å²) >= 11 is 3.08. The van der Waals surface area contributed by atoms with Crippen LogP contribution in [0.25, 0.3) is 16.0 Å². The van der Waals surface area contributed by atoms with Crippen molar-refractivity contribution in [2.75, 3.05) is 6.61 Å². The number of fused-ring (bicyclic) bond motifs is 3. The summed E-state index contributed by atoms with van der Waals surface area (Å²) < 4.78 is 10.1. The van der Waals surface area contributed by atoms with Gasteiger partial charge in [-0.3, -0.25) is 13.8 Å². The Morgan fingerprint density at radius 3 is 2.70 bits per heavy atom. The second-order valence-corrected chi connectivity index (χ2v) is 9.77. The molecule has 0 saturated carbocycles. The maximum Gasteiger partial charge on any atom is 0.273 e. The number of aryl methyl sites for hydroxylation is 1. The van der Waals surface area contributed by atoms with E-state index in [0.29, 0.717) is 23.6 Å². The smallest absolute Gasteiger partial charge is 0.273 e. The van der Waals surface area contributed by atoms with Crippen LogP contribution in [0.5, 0.6) is 5.75 Å². The van der Waals surface area contributed by atoms with Crippen molar-refractivity contribution in [3.63, 3.8) is 0 Å². The lowest BCUT2D eigenvalue weighted by Crippen LogP contribution is -2.23. The first-order valence-electron chi connectivity index (χ1n) is 10.9. The highest BCUT2D eigenvalue weighted by Crippen LogP contribution is 2.27. The fourth-order valence-corrected chi connectivity index (χ4v) is 5.49. The minimum Gasteiger partial charge on any atom is -0.494 e. The van der Waals surface area contributed by atoms with Crippen LogP contribution in [-0.4, -0.2) is 25.8 Å². The number of thiophene rings is 1. The van der Waals surface area contributed by atoms with Crippen LogP contribution in [0.2, 0.25) is 0 Å². The lowest BCUT2D eigenvalue weighted by atomic mass is 10.2. The van der Waals surface area contributed by atoms with Crippen LogP contribution < -0.4 is 10.3 Å². The van der Waals surface area contributed by atoms with Gasteiger partial charge in [-0.2, -0.15) is 0 Å². The molecule has 33 heavy (non-hydrogen) atoms. The van der Waals surface area contributed by atoms with Gasteiger partial charge in [-0.25, -0.2) is 0 Å². The summed E-state index contributed by atoms with van der Waals surface area (Å²) in [5.41, 5.74) is 4.30. The molecule has 8 heteroatoms. The Labute approximate surface area is 199 Å². The Kier molecular flexibility index (Phi) is 6.20. The second-order valence-electron chi connectivity index (χ2n) is 7.91. The van der Waals surface area contributed by atoms with E-state index in [1.54, 1.807) is 16.3 Å². The van der Waals surface area contributed by atoms with Crippen molar-refractivity contribution in [1.29, 1.82) is 0 Å². The molecule has 0 aliphatic rings. The van der Waals surface area contributed by atoms with E-state index >= 15 is 0 Å². The van der Waals surface area contributed by atoms with Crippen LogP contribution >= 0.6 is 23.1 Å². The molecular weight excluding hydrogens is 452 g/mol. The lowest BCUT2D eigenvalue weighted by molar-refractivity contribution is 0.317. The van der Waals surface area contributed by atoms with E-state index in [1.807, 2.05) is 40.1 Å². The fourth-order valence-electron chi connectivity index (χ4n) is 3.78. The van der Waals surface area contributed by atoms with Gasteiger partial charge in [0.2, 0.25) is 5.78 Å². The van der Waals surface area contributed by atoms with Crippen LogP contribution in [0, 0.1) is 6.92 Å². The molecule has 6 nitrogen and oxygen atoms in total. The van der Waals surface area contributed by atoms with Crippen LogP contribution in [0.3, 0.4) is 0 Å². The van der Waals surface area contributed by atoms with Crippen molar-refractivity contribution in [3.8, 4) is 5.75 Å². The van der Waals surface area contributed by atoms with Crippen molar-refractivity contribution in [2.24, 2.45) is 0 Å². The lowest BCUT2D eigenvalue weighted by Gasteiger charge is -2.10. The first-order chi connectivity index (χ1) is 16.1. The van der Waals surface area contributed by atoms with Crippen molar-refractivity contribution < 1.29 is 4.74 Å². The Balaban J connectivity index is 1.51. The zero-order chi connectivity index (χ0) is 22.8. The van der Waals surface area contributed by atoms with Gasteiger partial charge in [-0.1, -0.05) is 60.6 Å². The minimum atomic E-state index is -0.0403. The molecule has 0 N–H and O–H groups in total. The topological polar surface area (TPSA) is 61.4 Å². The molecule has 3 heterocycles. The molecular formula is C25H24N4O2S2. The molecule has 0 spiro atoms. The van der Waals surface area contributed by atoms with Gasteiger partial charge < -0.3 is 4.74 Å². The highest BCUT2D eigenvalue weighted by atomic mass is 32.2. The Hall–Kier alpha value is -3.10. The van der Waals surface area contributed by atoms with Gasteiger partial charge in [0.15, 0.2) is 5.16 Å². The zero-order valence-electron chi connectivity index (χ0n) is 18.5. The molecule has 168 valence electrons. The van der Waals surface area contributed by atoms with Gasteiger partial charge in [-0.05, 0) is 48.1 Å². The quantitative estimate of drug-likeness (QED) is 0.275. The van der Waals surface area contributed by atoms with Crippen LogP contribution in [0.1, 0.15) is 30.0 Å². The SMILES string of the molecule is CCCOc1ccc(Cn2c(=O)c3sccc3n3c(SCc4cccc(C)c4)nnc23)cc1. The van der Waals surface area contributed by atoms with E-state index in [1.165, 1.54) is 22.5 Å². The van der Waals surface area contributed by atoms with E-state index in [4.69, 9.17) is 4.74 Å². The fraction of sp³-hybridized carbons (Fsp3) is 0.240. The summed E-state index contributed by atoms with van der Waals surface area (Å²) in [4.78, 5) is 13.3. The van der Waals surface area contributed by atoms with E-state index in [-0.39, 0.29) is 5.56 Å². The summed E-state index contributed by atoms with van der Waals surface area (Å²) in [5.74, 6) is 2.18. The number of ether oxygens (including phenoxy) is 1. The van der Waals surface area contributed by atoms with Gasteiger partial charge in [0.05, 0.1) is 18.7 Å². The zero-order valence-corrected chi connectivity index (χ0v) is 20.2. The second kappa shape index (κ2) is 9.41. The summed E-state index contributed by atoms with van der Waals surface area (Å²) in [7, 11) is 0. The predicted molar refractivity (Wildman–Crippen MR) is 135 cm³/mol. The van der Waals surface area contributed by atoms with E-state index in [2.05, 4.69) is 48.3 Å². The largest absolute Gasteiger partial charge is 0.494 e. The highest BCUT2D eigenvalue weighted by molar-refractivity contribution is 7.98. The standard InChI is InChI=1S/C25H24N4O2S2/c1-3-12-31-20-9-7-18(8-10-20)15-28-23(30)22-21(11-13-32-22)29-24(28)26-27-25(29)33-16-19-6-4-5-17(2)14-19/h4-11,13-14H,3,12,15-16H2,1-2H3. The summed E-state index contributed by atoms with van der Waals surface area (Å²) in [6.07, 6.45) is 0.965. The molecule has 0 saturated heterocycles.